The molecular weight excluding hydrogens is 236 g/mol. The van der Waals surface area contributed by atoms with E-state index in [2.05, 4.69) is 0 Å². The molecular formula is C13H18O3S. The van der Waals surface area contributed by atoms with Gasteiger partial charge in [0.2, 0.25) is 0 Å². The maximum absolute atomic E-state index is 12.1. The summed E-state index contributed by atoms with van der Waals surface area (Å²) in [6.07, 6.45) is 2.83. The average Bonchev–Trinajstić information content (AvgIpc) is 2.30. The van der Waals surface area contributed by atoms with Crippen LogP contribution in [0.15, 0.2) is 29.2 Å². The molecule has 94 valence electrons. The maximum atomic E-state index is 12.1. The molecule has 1 aromatic carbocycles. The van der Waals surface area contributed by atoms with Crippen LogP contribution in [-0.4, -0.2) is 26.9 Å². The first kappa shape index (κ1) is 12.6. The summed E-state index contributed by atoms with van der Waals surface area (Å²) >= 11 is 0. The van der Waals surface area contributed by atoms with Crippen molar-refractivity contribution in [3.05, 3.63) is 29.8 Å². The predicted molar refractivity (Wildman–Crippen MR) is 66.8 cm³/mol. The van der Waals surface area contributed by atoms with Crippen LogP contribution in [0.3, 0.4) is 0 Å². The monoisotopic (exact) mass is 254 g/mol. The molecule has 1 heterocycles. The Morgan fingerprint density at radius 2 is 1.94 bits per heavy atom. The van der Waals surface area contributed by atoms with E-state index in [-0.39, 0.29) is 11.9 Å². The molecule has 3 nitrogen and oxygen atoms in total. The van der Waals surface area contributed by atoms with E-state index in [0.717, 1.165) is 24.8 Å². The fraction of sp³-hybridized carbons (Fsp3) is 0.538. The van der Waals surface area contributed by atoms with Crippen molar-refractivity contribution in [1.29, 1.82) is 0 Å². The van der Waals surface area contributed by atoms with Crippen molar-refractivity contribution < 1.29 is 13.2 Å². The minimum Gasteiger partial charge on any atom is -0.377 e. The van der Waals surface area contributed by atoms with Gasteiger partial charge in [0.1, 0.15) is 0 Å². The van der Waals surface area contributed by atoms with E-state index >= 15 is 0 Å². The molecule has 0 N–H and O–H groups in total. The van der Waals surface area contributed by atoms with Crippen molar-refractivity contribution in [2.45, 2.75) is 37.2 Å². The molecule has 1 aromatic rings. The molecule has 1 unspecified atom stereocenters. The van der Waals surface area contributed by atoms with E-state index in [9.17, 15) is 8.42 Å². The second kappa shape index (κ2) is 5.19. The molecule has 0 saturated carbocycles. The normalized spacial score (nSPS) is 21.4. The van der Waals surface area contributed by atoms with Crippen LogP contribution in [0.4, 0.5) is 0 Å². The third kappa shape index (κ3) is 3.30. The first-order valence-corrected chi connectivity index (χ1v) is 7.64. The summed E-state index contributed by atoms with van der Waals surface area (Å²) in [5.41, 5.74) is 1.07. The van der Waals surface area contributed by atoms with Crippen LogP contribution >= 0.6 is 0 Å². The number of hydrogen-bond donors (Lipinski definition) is 0. The highest BCUT2D eigenvalue weighted by atomic mass is 32.2. The van der Waals surface area contributed by atoms with Crippen molar-refractivity contribution in [1.82, 2.24) is 0 Å². The van der Waals surface area contributed by atoms with Gasteiger partial charge in [0.05, 0.1) is 16.8 Å². The zero-order valence-electron chi connectivity index (χ0n) is 10.1. The molecule has 1 fully saturated rings. The minimum absolute atomic E-state index is 0.107. The lowest BCUT2D eigenvalue weighted by Gasteiger charge is -2.22. The van der Waals surface area contributed by atoms with Gasteiger partial charge in [-0.05, 0) is 38.3 Å². The smallest absolute Gasteiger partial charge is 0.180 e. The molecule has 2 rings (SSSR count). The predicted octanol–water partition coefficient (Wildman–Crippen LogP) is 2.34. The van der Waals surface area contributed by atoms with Crippen molar-refractivity contribution in [3.63, 3.8) is 0 Å². The molecule has 0 bridgehead atoms. The number of ether oxygens (including phenoxy) is 1. The van der Waals surface area contributed by atoms with E-state index < -0.39 is 9.84 Å². The summed E-state index contributed by atoms with van der Waals surface area (Å²) in [6.45, 7) is 2.63. The van der Waals surface area contributed by atoms with Gasteiger partial charge in [-0.15, -0.1) is 0 Å². The fourth-order valence-corrected chi connectivity index (χ4v) is 3.52. The second-order valence-electron chi connectivity index (χ2n) is 4.58. The SMILES string of the molecule is Cc1ccc(S(=O)(=O)CC2CCCCO2)cc1. The van der Waals surface area contributed by atoms with Crippen molar-refractivity contribution in [2.24, 2.45) is 0 Å². The molecule has 17 heavy (non-hydrogen) atoms. The highest BCUT2D eigenvalue weighted by Gasteiger charge is 2.23. The summed E-state index contributed by atoms with van der Waals surface area (Å²) in [4.78, 5) is 0.400. The van der Waals surface area contributed by atoms with Crippen LogP contribution in [0.2, 0.25) is 0 Å². The van der Waals surface area contributed by atoms with E-state index in [1.54, 1.807) is 12.1 Å². The van der Waals surface area contributed by atoms with Gasteiger partial charge in [-0.3, -0.25) is 0 Å². The Labute approximate surface area is 103 Å². The maximum Gasteiger partial charge on any atom is 0.180 e. The molecule has 1 aliphatic heterocycles. The summed E-state index contributed by atoms with van der Waals surface area (Å²) in [6, 6.07) is 7.00. The van der Waals surface area contributed by atoms with Crippen molar-refractivity contribution in [2.75, 3.05) is 12.4 Å². The van der Waals surface area contributed by atoms with Crippen LogP contribution < -0.4 is 0 Å². The third-order valence-corrected chi connectivity index (χ3v) is 4.86. The Morgan fingerprint density at radius 1 is 1.24 bits per heavy atom. The molecule has 1 atom stereocenters. The van der Waals surface area contributed by atoms with Crippen LogP contribution in [-0.2, 0) is 14.6 Å². The number of rotatable bonds is 3. The molecule has 0 aliphatic carbocycles. The Morgan fingerprint density at radius 3 is 2.53 bits per heavy atom. The highest BCUT2D eigenvalue weighted by Crippen LogP contribution is 2.19. The zero-order chi connectivity index (χ0) is 12.3. The standard InChI is InChI=1S/C13H18O3S/c1-11-5-7-13(8-6-11)17(14,15)10-12-4-2-3-9-16-12/h5-8,12H,2-4,9-10H2,1H3. The van der Waals surface area contributed by atoms with Gasteiger partial charge < -0.3 is 4.74 Å². The van der Waals surface area contributed by atoms with Crippen LogP contribution in [0.5, 0.6) is 0 Å². The second-order valence-corrected chi connectivity index (χ2v) is 6.62. The summed E-state index contributed by atoms with van der Waals surface area (Å²) in [5.74, 6) is 0.107. The first-order chi connectivity index (χ1) is 8.08. The van der Waals surface area contributed by atoms with Gasteiger partial charge in [0.25, 0.3) is 0 Å². The summed E-state index contributed by atoms with van der Waals surface area (Å²) in [5, 5.41) is 0. The van der Waals surface area contributed by atoms with Crippen LogP contribution in [0, 0.1) is 6.92 Å². The Balaban J connectivity index is 2.10. The van der Waals surface area contributed by atoms with Gasteiger partial charge >= 0.3 is 0 Å². The molecule has 0 spiro atoms. The molecule has 0 radical (unpaired) electrons. The van der Waals surface area contributed by atoms with Gasteiger partial charge in [-0.25, -0.2) is 8.42 Å². The number of sulfone groups is 1. The molecule has 0 amide bonds. The van der Waals surface area contributed by atoms with Gasteiger partial charge in [0, 0.05) is 6.61 Å². The Kier molecular flexibility index (Phi) is 3.84. The lowest BCUT2D eigenvalue weighted by molar-refractivity contribution is 0.0305. The number of aryl methyl sites for hydroxylation is 1. The van der Waals surface area contributed by atoms with Crippen LogP contribution in [0.25, 0.3) is 0 Å². The highest BCUT2D eigenvalue weighted by molar-refractivity contribution is 7.91. The Hall–Kier alpha value is -0.870. The molecule has 4 heteroatoms. The topological polar surface area (TPSA) is 43.4 Å². The quantitative estimate of drug-likeness (QED) is 0.831. The van der Waals surface area contributed by atoms with E-state index in [1.807, 2.05) is 19.1 Å². The van der Waals surface area contributed by atoms with Gasteiger partial charge in [-0.1, -0.05) is 17.7 Å². The molecule has 1 aliphatic rings. The lowest BCUT2D eigenvalue weighted by Crippen LogP contribution is -2.27. The van der Waals surface area contributed by atoms with E-state index in [0.29, 0.717) is 11.5 Å². The zero-order valence-corrected chi connectivity index (χ0v) is 10.9. The fourth-order valence-electron chi connectivity index (χ4n) is 2.03. The molecule has 1 saturated heterocycles. The van der Waals surface area contributed by atoms with Crippen LogP contribution in [0.1, 0.15) is 24.8 Å². The minimum atomic E-state index is -3.20. The van der Waals surface area contributed by atoms with Crippen molar-refractivity contribution >= 4 is 9.84 Å². The molecule has 0 aromatic heterocycles. The summed E-state index contributed by atoms with van der Waals surface area (Å²) < 4.78 is 29.7. The summed E-state index contributed by atoms with van der Waals surface area (Å²) in [7, 11) is -3.20. The number of hydrogen-bond acceptors (Lipinski definition) is 3. The average molecular weight is 254 g/mol. The largest absolute Gasteiger partial charge is 0.377 e. The lowest BCUT2D eigenvalue weighted by atomic mass is 10.1. The van der Waals surface area contributed by atoms with Gasteiger partial charge in [0.15, 0.2) is 9.84 Å². The first-order valence-electron chi connectivity index (χ1n) is 5.99. The number of benzene rings is 1. The van der Waals surface area contributed by atoms with Gasteiger partial charge in [-0.2, -0.15) is 0 Å². The third-order valence-electron chi connectivity index (χ3n) is 3.06. The van der Waals surface area contributed by atoms with E-state index in [1.165, 1.54) is 0 Å². The Bertz CT molecular complexity index is 456. The van der Waals surface area contributed by atoms with E-state index in [4.69, 9.17) is 4.74 Å². The van der Waals surface area contributed by atoms with Crippen molar-refractivity contribution in [3.8, 4) is 0 Å².